The van der Waals surface area contributed by atoms with E-state index in [4.69, 9.17) is 4.74 Å². The van der Waals surface area contributed by atoms with Crippen molar-refractivity contribution in [3.05, 3.63) is 29.2 Å². The first-order valence-corrected chi connectivity index (χ1v) is 7.55. The van der Waals surface area contributed by atoms with Crippen LogP contribution in [-0.4, -0.2) is 29.7 Å². The summed E-state index contributed by atoms with van der Waals surface area (Å²) < 4.78 is 5.90. The van der Waals surface area contributed by atoms with Crippen LogP contribution < -0.4 is 10.1 Å². The zero-order valence-electron chi connectivity index (χ0n) is 10.7. The second-order valence-corrected chi connectivity index (χ2v) is 5.51. The molecular formula is C14H17N3OS. The number of nitrogens with zero attached hydrogens (tertiary/aromatic N) is 2. The van der Waals surface area contributed by atoms with Crippen LogP contribution in [0.2, 0.25) is 0 Å². The van der Waals surface area contributed by atoms with Gasteiger partial charge in [0.05, 0.1) is 6.61 Å². The van der Waals surface area contributed by atoms with Crippen molar-refractivity contribution in [2.24, 2.45) is 5.92 Å². The molecule has 0 unspecified atom stereocenters. The number of piperidine rings is 1. The Labute approximate surface area is 116 Å². The largest absolute Gasteiger partial charge is 0.476 e. The summed E-state index contributed by atoms with van der Waals surface area (Å²) in [6, 6.07) is 2.05. The standard InChI is InChI=1S/C14H17N3OS/c1-4-15-5-2-11(1)9-18-14-13(16-6-7-17-14)12-3-8-19-10-12/h3,6-8,10-11,15H,1-2,4-5,9H2. The number of nitrogens with one attached hydrogen (secondary N) is 1. The van der Waals surface area contributed by atoms with Gasteiger partial charge < -0.3 is 10.1 Å². The summed E-state index contributed by atoms with van der Waals surface area (Å²) in [5.74, 6) is 1.28. The molecule has 1 aliphatic rings. The van der Waals surface area contributed by atoms with Crippen LogP contribution >= 0.6 is 11.3 Å². The maximum Gasteiger partial charge on any atom is 0.240 e. The lowest BCUT2D eigenvalue weighted by Crippen LogP contribution is -2.30. The van der Waals surface area contributed by atoms with Crippen LogP contribution in [0.15, 0.2) is 29.2 Å². The van der Waals surface area contributed by atoms with Gasteiger partial charge in [-0.25, -0.2) is 9.97 Å². The number of hydrogen-bond acceptors (Lipinski definition) is 5. The van der Waals surface area contributed by atoms with E-state index in [0.717, 1.165) is 31.0 Å². The van der Waals surface area contributed by atoms with Gasteiger partial charge in [-0.2, -0.15) is 11.3 Å². The molecule has 3 rings (SSSR count). The molecule has 0 aliphatic carbocycles. The van der Waals surface area contributed by atoms with Gasteiger partial charge in [-0.3, -0.25) is 0 Å². The van der Waals surface area contributed by atoms with Crippen molar-refractivity contribution in [3.8, 4) is 17.1 Å². The maximum absolute atomic E-state index is 5.90. The predicted molar refractivity (Wildman–Crippen MR) is 76.4 cm³/mol. The quantitative estimate of drug-likeness (QED) is 0.931. The molecule has 5 heteroatoms. The number of rotatable bonds is 4. The van der Waals surface area contributed by atoms with Crippen LogP contribution in [0.1, 0.15) is 12.8 Å². The Morgan fingerprint density at radius 2 is 2.11 bits per heavy atom. The van der Waals surface area contributed by atoms with Gasteiger partial charge in [0.25, 0.3) is 0 Å². The molecule has 100 valence electrons. The molecule has 2 aromatic rings. The van der Waals surface area contributed by atoms with Crippen LogP contribution in [0.25, 0.3) is 11.3 Å². The highest BCUT2D eigenvalue weighted by atomic mass is 32.1. The third kappa shape index (κ3) is 3.11. The Morgan fingerprint density at radius 1 is 1.26 bits per heavy atom. The van der Waals surface area contributed by atoms with E-state index in [1.807, 2.05) is 11.4 Å². The summed E-state index contributed by atoms with van der Waals surface area (Å²) in [5, 5.41) is 7.48. The lowest BCUT2D eigenvalue weighted by Gasteiger charge is -2.22. The van der Waals surface area contributed by atoms with Crippen LogP contribution in [0.3, 0.4) is 0 Å². The van der Waals surface area contributed by atoms with E-state index in [1.54, 1.807) is 23.7 Å². The van der Waals surface area contributed by atoms with E-state index in [-0.39, 0.29) is 0 Å². The van der Waals surface area contributed by atoms with E-state index in [1.165, 1.54) is 12.8 Å². The summed E-state index contributed by atoms with van der Waals surface area (Å²) in [4.78, 5) is 8.72. The zero-order chi connectivity index (χ0) is 12.9. The molecule has 0 amide bonds. The maximum atomic E-state index is 5.90. The summed E-state index contributed by atoms with van der Waals surface area (Å²) in [6.07, 6.45) is 5.75. The minimum absolute atomic E-state index is 0.624. The van der Waals surface area contributed by atoms with Crippen LogP contribution in [0.4, 0.5) is 0 Å². The molecule has 0 spiro atoms. The van der Waals surface area contributed by atoms with Crippen LogP contribution in [-0.2, 0) is 0 Å². The molecular weight excluding hydrogens is 258 g/mol. The molecule has 4 nitrogen and oxygen atoms in total. The molecule has 1 N–H and O–H groups in total. The van der Waals surface area contributed by atoms with E-state index < -0.39 is 0 Å². The fraction of sp³-hybridized carbons (Fsp3) is 0.429. The molecule has 0 saturated carbocycles. The van der Waals surface area contributed by atoms with Gasteiger partial charge in [0, 0.05) is 23.3 Å². The minimum atomic E-state index is 0.624. The van der Waals surface area contributed by atoms with Gasteiger partial charge in [0.15, 0.2) is 0 Å². The second-order valence-electron chi connectivity index (χ2n) is 4.73. The van der Waals surface area contributed by atoms with Gasteiger partial charge in [-0.15, -0.1) is 0 Å². The first-order valence-electron chi connectivity index (χ1n) is 6.60. The van der Waals surface area contributed by atoms with Crippen LogP contribution in [0.5, 0.6) is 5.88 Å². The number of hydrogen-bond donors (Lipinski definition) is 1. The molecule has 0 aromatic carbocycles. The van der Waals surface area contributed by atoms with Crippen molar-refractivity contribution in [2.75, 3.05) is 19.7 Å². The monoisotopic (exact) mass is 275 g/mol. The van der Waals surface area contributed by atoms with Crippen molar-refractivity contribution in [2.45, 2.75) is 12.8 Å². The molecule has 2 aromatic heterocycles. The Bertz CT molecular complexity index is 509. The zero-order valence-corrected chi connectivity index (χ0v) is 11.5. The van der Waals surface area contributed by atoms with Gasteiger partial charge in [-0.1, -0.05) is 0 Å². The van der Waals surface area contributed by atoms with E-state index in [2.05, 4.69) is 20.7 Å². The molecule has 0 bridgehead atoms. The number of ether oxygens (including phenoxy) is 1. The van der Waals surface area contributed by atoms with E-state index in [9.17, 15) is 0 Å². The smallest absolute Gasteiger partial charge is 0.240 e. The number of thiophene rings is 1. The molecule has 19 heavy (non-hydrogen) atoms. The molecule has 0 atom stereocenters. The predicted octanol–water partition coefficient (Wildman–Crippen LogP) is 2.58. The minimum Gasteiger partial charge on any atom is -0.476 e. The molecule has 1 aliphatic heterocycles. The highest BCUT2D eigenvalue weighted by molar-refractivity contribution is 7.08. The third-order valence-corrected chi connectivity index (χ3v) is 4.06. The van der Waals surface area contributed by atoms with Crippen molar-refractivity contribution in [1.29, 1.82) is 0 Å². The molecule has 1 fully saturated rings. The highest BCUT2D eigenvalue weighted by Crippen LogP contribution is 2.27. The lowest BCUT2D eigenvalue weighted by atomic mass is 9.99. The summed E-state index contributed by atoms with van der Waals surface area (Å²) in [6.45, 7) is 2.91. The van der Waals surface area contributed by atoms with Crippen LogP contribution in [0, 0.1) is 5.92 Å². The van der Waals surface area contributed by atoms with Gasteiger partial charge in [0.1, 0.15) is 5.69 Å². The van der Waals surface area contributed by atoms with Crippen molar-refractivity contribution >= 4 is 11.3 Å². The molecule has 0 radical (unpaired) electrons. The highest BCUT2D eigenvalue weighted by Gasteiger charge is 2.16. The van der Waals surface area contributed by atoms with Gasteiger partial charge >= 0.3 is 0 Å². The van der Waals surface area contributed by atoms with Gasteiger partial charge in [0.2, 0.25) is 5.88 Å². The average Bonchev–Trinajstić information content (AvgIpc) is 3.01. The Balaban J connectivity index is 1.70. The summed E-state index contributed by atoms with van der Waals surface area (Å²) >= 11 is 1.66. The Kier molecular flexibility index (Phi) is 4.05. The van der Waals surface area contributed by atoms with Crippen molar-refractivity contribution in [1.82, 2.24) is 15.3 Å². The summed E-state index contributed by atoms with van der Waals surface area (Å²) in [5.41, 5.74) is 1.93. The molecule has 3 heterocycles. The van der Waals surface area contributed by atoms with E-state index >= 15 is 0 Å². The van der Waals surface area contributed by atoms with Crippen molar-refractivity contribution in [3.63, 3.8) is 0 Å². The fourth-order valence-corrected chi connectivity index (χ4v) is 2.91. The second kappa shape index (κ2) is 6.12. The first kappa shape index (κ1) is 12.6. The van der Waals surface area contributed by atoms with E-state index in [0.29, 0.717) is 11.8 Å². The number of aromatic nitrogens is 2. The fourth-order valence-electron chi connectivity index (χ4n) is 2.27. The average molecular weight is 275 g/mol. The van der Waals surface area contributed by atoms with Gasteiger partial charge in [-0.05, 0) is 43.3 Å². The molecule has 1 saturated heterocycles. The third-order valence-electron chi connectivity index (χ3n) is 3.37. The van der Waals surface area contributed by atoms with Crippen molar-refractivity contribution < 1.29 is 4.74 Å². The SMILES string of the molecule is c1cnc(-c2ccsc2)c(OCC2CCNCC2)n1. The summed E-state index contributed by atoms with van der Waals surface area (Å²) in [7, 11) is 0. The Morgan fingerprint density at radius 3 is 2.89 bits per heavy atom. The topological polar surface area (TPSA) is 47.0 Å². The normalized spacial score (nSPS) is 16.4. The first-order chi connectivity index (χ1) is 9.43. The lowest BCUT2D eigenvalue weighted by molar-refractivity contribution is 0.209. The Hall–Kier alpha value is -1.46.